The lowest BCUT2D eigenvalue weighted by atomic mass is 10.2. The first-order valence-corrected chi connectivity index (χ1v) is 6.07. The van der Waals surface area contributed by atoms with E-state index in [4.69, 9.17) is 4.74 Å². The number of benzene rings is 1. The summed E-state index contributed by atoms with van der Waals surface area (Å²) in [6.07, 6.45) is -4.54. The predicted molar refractivity (Wildman–Crippen MR) is 65.9 cm³/mol. The van der Waals surface area contributed by atoms with Crippen LogP contribution in [0.5, 0.6) is 5.75 Å². The summed E-state index contributed by atoms with van der Waals surface area (Å²) in [5, 5.41) is 3.17. The minimum atomic E-state index is -4.65. The van der Waals surface area contributed by atoms with Crippen LogP contribution in [0.25, 0.3) is 0 Å². The number of hydrogen-bond donors (Lipinski definition) is 1. The van der Waals surface area contributed by atoms with Crippen molar-refractivity contribution in [2.24, 2.45) is 0 Å². The molecule has 0 radical (unpaired) electrons. The van der Waals surface area contributed by atoms with Gasteiger partial charge in [0.15, 0.2) is 0 Å². The minimum Gasteiger partial charge on any atom is -0.406 e. The fourth-order valence-corrected chi connectivity index (χ4v) is 1.57. The molecule has 0 aliphatic carbocycles. The third-order valence-electron chi connectivity index (χ3n) is 2.37. The quantitative estimate of drug-likeness (QED) is 0.830. The Balaban J connectivity index is 2.36. The lowest BCUT2D eigenvalue weighted by Crippen LogP contribution is -2.26. The molecule has 1 aromatic rings. The van der Waals surface area contributed by atoms with Gasteiger partial charge in [0.25, 0.3) is 0 Å². The Kier molecular flexibility index (Phi) is 6.11. The smallest absolute Gasteiger partial charge is 0.406 e. The summed E-state index contributed by atoms with van der Waals surface area (Å²) in [5.74, 6) is -0.209. The zero-order chi connectivity index (χ0) is 14.3. The molecule has 0 saturated carbocycles. The molecule has 0 aliphatic rings. The van der Waals surface area contributed by atoms with Crippen LogP contribution in [0.2, 0.25) is 0 Å². The summed E-state index contributed by atoms with van der Waals surface area (Å²) >= 11 is 0. The monoisotopic (exact) mass is 277 g/mol. The van der Waals surface area contributed by atoms with Gasteiger partial charge in [0.05, 0.1) is 6.10 Å². The fraction of sp³-hybridized carbons (Fsp3) is 0.538. The molecular weight excluding hydrogens is 259 g/mol. The van der Waals surface area contributed by atoms with E-state index < -0.39 is 6.36 Å². The molecule has 1 rings (SSSR count). The predicted octanol–water partition coefficient (Wildman–Crippen LogP) is 3.10. The highest BCUT2D eigenvalue weighted by molar-refractivity contribution is 5.27. The number of alkyl halides is 3. The number of ether oxygens (including phenoxy) is 2. The van der Waals surface area contributed by atoms with Gasteiger partial charge in [0.2, 0.25) is 0 Å². The molecule has 6 heteroatoms. The third kappa shape index (κ3) is 7.03. The third-order valence-corrected chi connectivity index (χ3v) is 2.37. The van der Waals surface area contributed by atoms with E-state index >= 15 is 0 Å². The van der Waals surface area contributed by atoms with E-state index in [0.717, 1.165) is 5.56 Å². The number of halogens is 3. The normalized spacial score (nSPS) is 13.3. The van der Waals surface area contributed by atoms with Crippen LogP contribution in [0.1, 0.15) is 19.4 Å². The summed E-state index contributed by atoms with van der Waals surface area (Å²) < 4.78 is 45.0. The number of rotatable bonds is 7. The first-order valence-electron chi connectivity index (χ1n) is 6.07. The molecule has 1 atom stereocenters. The Morgan fingerprint density at radius 3 is 2.37 bits per heavy atom. The Hall–Kier alpha value is -1.27. The molecule has 0 aliphatic heterocycles. The average Bonchev–Trinajstić information content (AvgIpc) is 2.30. The van der Waals surface area contributed by atoms with Gasteiger partial charge in [0, 0.05) is 19.7 Å². The SMILES string of the molecule is CCOC(C)CNCc1ccc(OC(F)(F)F)cc1. The van der Waals surface area contributed by atoms with E-state index in [2.05, 4.69) is 10.1 Å². The molecule has 108 valence electrons. The van der Waals surface area contributed by atoms with Gasteiger partial charge in [-0.3, -0.25) is 0 Å². The zero-order valence-electron chi connectivity index (χ0n) is 11.0. The van der Waals surface area contributed by atoms with Crippen molar-refractivity contribution in [2.45, 2.75) is 32.9 Å². The van der Waals surface area contributed by atoms with Gasteiger partial charge in [-0.05, 0) is 31.5 Å². The van der Waals surface area contributed by atoms with Crippen LogP contribution in [0.15, 0.2) is 24.3 Å². The fourth-order valence-electron chi connectivity index (χ4n) is 1.57. The minimum absolute atomic E-state index is 0.109. The molecule has 0 amide bonds. The van der Waals surface area contributed by atoms with Crippen LogP contribution in [-0.2, 0) is 11.3 Å². The molecule has 0 spiro atoms. The summed E-state index contributed by atoms with van der Waals surface area (Å²) in [6.45, 7) is 5.80. The van der Waals surface area contributed by atoms with Gasteiger partial charge < -0.3 is 14.8 Å². The Labute approximate surface area is 110 Å². The summed E-state index contributed by atoms with van der Waals surface area (Å²) in [7, 11) is 0. The topological polar surface area (TPSA) is 30.5 Å². The van der Waals surface area contributed by atoms with E-state index in [1.54, 1.807) is 12.1 Å². The van der Waals surface area contributed by atoms with Crippen LogP contribution in [-0.4, -0.2) is 25.6 Å². The summed E-state index contributed by atoms with van der Waals surface area (Å²) in [6, 6.07) is 5.80. The maximum absolute atomic E-state index is 12.0. The van der Waals surface area contributed by atoms with Crippen LogP contribution in [0.3, 0.4) is 0 Å². The highest BCUT2D eigenvalue weighted by Gasteiger charge is 2.30. The molecule has 1 N–H and O–H groups in total. The molecule has 1 aromatic carbocycles. The molecule has 0 aromatic heterocycles. The van der Waals surface area contributed by atoms with Gasteiger partial charge >= 0.3 is 6.36 Å². The van der Waals surface area contributed by atoms with Gasteiger partial charge in [-0.2, -0.15) is 0 Å². The maximum atomic E-state index is 12.0. The van der Waals surface area contributed by atoms with Crippen LogP contribution >= 0.6 is 0 Å². The van der Waals surface area contributed by atoms with Crippen molar-refractivity contribution in [3.05, 3.63) is 29.8 Å². The summed E-state index contributed by atoms with van der Waals surface area (Å²) in [5.41, 5.74) is 0.887. The van der Waals surface area contributed by atoms with Crippen LogP contribution in [0.4, 0.5) is 13.2 Å². The van der Waals surface area contributed by atoms with Crippen molar-refractivity contribution in [3.63, 3.8) is 0 Å². The molecular formula is C13H18F3NO2. The van der Waals surface area contributed by atoms with E-state index in [9.17, 15) is 13.2 Å². The number of nitrogens with one attached hydrogen (secondary N) is 1. The van der Waals surface area contributed by atoms with E-state index in [0.29, 0.717) is 19.7 Å². The first kappa shape index (κ1) is 15.8. The van der Waals surface area contributed by atoms with Crippen LogP contribution in [0, 0.1) is 0 Å². The van der Waals surface area contributed by atoms with Gasteiger partial charge in [-0.1, -0.05) is 12.1 Å². The molecule has 19 heavy (non-hydrogen) atoms. The van der Waals surface area contributed by atoms with Crippen molar-refractivity contribution in [2.75, 3.05) is 13.2 Å². The molecule has 0 heterocycles. The van der Waals surface area contributed by atoms with Crippen molar-refractivity contribution >= 4 is 0 Å². The first-order chi connectivity index (χ1) is 8.90. The van der Waals surface area contributed by atoms with Crippen molar-refractivity contribution in [1.82, 2.24) is 5.32 Å². The lowest BCUT2D eigenvalue weighted by molar-refractivity contribution is -0.274. The second-order valence-electron chi connectivity index (χ2n) is 4.09. The number of hydrogen-bond acceptors (Lipinski definition) is 3. The van der Waals surface area contributed by atoms with E-state index in [1.165, 1.54) is 12.1 Å². The molecule has 0 bridgehead atoms. The Morgan fingerprint density at radius 2 is 1.84 bits per heavy atom. The van der Waals surface area contributed by atoms with Gasteiger partial charge in [0.1, 0.15) is 5.75 Å². The second kappa shape index (κ2) is 7.35. The van der Waals surface area contributed by atoms with Crippen molar-refractivity contribution in [3.8, 4) is 5.75 Å². The standard InChI is InChI=1S/C13H18F3NO2/c1-3-18-10(2)8-17-9-11-4-6-12(7-5-11)19-13(14,15)16/h4-7,10,17H,3,8-9H2,1-2H3. The average molecular weight is 277 g/mol. The Bertz CT molecular complexity index is 365. The highest BCUT2D eigenvalue weighted by atomic mass is 19.4. The largest absolute Gasteiger partial charge is 0.573 e. The van der Waals surface area contributed by atoms with Crippen LogP contribution < -0.4 is 10.1 Å². The van der Waals surface area contributed by atoms with Gasteiger partial charge in [-0.15, -0.1) is 13.2 Å². The van der Waals surface area contributed by atoms with E-state index in [1.807, 2.05) is 13.8 Å². The lowest BCUT2D eigenvalue weighted by Gasteiger charge is -2.13. The highest BCUT2D eigenvalue weighted by Crippen LogP contribution is 2.22. The molecule has 3 nitrogen and oxygen atoms in total. The van der Waals surface area contributed by atoms with Gasteiger partial charge in [-0.25, -0.2) is 0 Å². The van der Waals surface area contributed by atoms with E-state index in [-0.39, 0.29) is 11.9 Å². The van der Waals surface area contributed by atoms with Crippen molar-refractivity contribution < 1.29 is 22.6 Å². The molecule has 0 fully saturated rings. The summed E-state index contributed by atoms with van der Waals surface area (Å²) in [4.78, 5) is 0. The zero-order valence-corrected chi connectivity index (χ0v) is 11.0. The Morgan fingerprint density at radius 1 is 1.21 bits per heavy atom. The molecule has 1 unspecified atom stereocenters. The van der Waals surface area contributed by atoms with Crippen molar-refractivity contribution in [1.29, 1.82) is 0 Å². The second-order valence-corrected chi connectivity index (χ2v) is 4.09. The maximum Gasteiger partial charge on any atom is 0.573 e. The molecule has 0 saturated heterocycles.